The number of aliphatic hydroxyl groups is 2. The molecule has 7 rings (SSSR count). The van der Waals surface area contributed by atoms with E-state index in [0.29, 0.717) is 29.7 Å². The second kappa shape index (κ2) is 13.7. The molecule has 0 saturated carbocycles. The topological polar surface area (TPSA) is 273 Å². The lowest BCUT2D eigenvalue weighted by atomic mass is 9.81. The number of aliphatic hydroxyl groups excluding tert-OH is 1. The van der Waals surface area contributed by atoms with Gasteiger partial charge in [0.2, 0.25) is 11.9 Å². The number of nitrogens with two attached hydrogens (primary N) is 2. The van der Waals surface area contributed by atoms with E-state index in [2.05, 4.69) is 19.9 Å². The van der Waals surface area contributed by atoms with Crippen LogP contribution >= 0.6 is 22.7 Å². The number of carbonyl (C=O) groups excluding carboxylic acids is 1. The van der Waals surface area contributed by atoms with E-state index in [4.69, 9.17) is 25.7 Å². The molecular weight excluding hydrogens is 721 g/mol. The van der Waals surface area contributed by atoms with E-state index in [1.807, 2.05) is 20.8 Å². The number of nitrogens with one attached hydrogen (secondary N) is 2. The number of ether oxygens (including phenoxy) is 3. The Labute approximate surface area is 301 Å². The number of hydrogen-bond acceptors (Lipinski definition) is 16. The highest BCUT2D eigenvalue weighted by Crippen LogP contribution is 2.47. The Morgan fingerprint density at radius 2 is 1.35 bits per heavy atom. The minimum Gasteiger partial charge on any atom is -0.453 e. The number of H-pyrrole nitrogens is 2. The zero-order chi connectivity index (χ0) is 37.9. The number of thiazole rings is 2. The normalized spacial score (nSPS) is 26.8. The fourth-order valence-electron chi connectivity index (χ4n) is 6.66. The lowest BCUT2D eigenvalue weighted by Gasteiger charge is -2.30. The number of aromatic nitrogens is 6. The van der Waals surface area contributed by atoms with Crippen molar-refractivity contribution in [1.29, 1.82) is 0 Å². The van der Waals surface area contributed by atoms with Gasteiger partial charge in [-0.2, -0.15) is 9.97 Å². The van der Waals surface area contributed by atoms with Crippen molar-refractivity contribution in [3.05, 3.63) is 75.9 Å². The first-order valence-corrected chi connectivity index (χ1v) is 17.9. The number of anilines is 2. The predicted octanol–water partition coefficient (Wildman–Crippen LogP) is 1.44. The van der Waals surface area contributed by atoms with Crippen LogP contribution < -0.4 is 32.3 Å². The fourth-order valence-corrected chi connectivity index (χ4v) is 8.35. The van der Waals surface area contributed by atoms with E-state index in [9.17, 15) is 34.2 Å². The summed E-state index contributed by atoms with van der Waals surface area (Å²) >= 11 is 1.44. The monoisotopic (exact) mass is 758 g/mol. The van der Waals surface area contributed by atoms with E-state index in [0.717, 1.165) is 15.9 Å². The van der Waals surface area contributed by atoms with Crippen LogP contribution in [0.5, 0.6) is 0 Å². The van der Waals surface area contributed by atoms with E-state index >= 15 is 0 Å². The van der Waals surface area contributed by atoms with Gasteiger partial charge in [-0.15, -0.1) is 0 Å². The molecule has 52 heavy (non-hydrogen) atoms. The fraction of sp³-hybridized carbons (Fsp3) is 0.469. The molecule has 8 N–H and O–H groups in total. The Morgan fingerprint density at radius 1 is 0.865 bits per heavy atom. The van der Waals surface area contributed by atoms with Gasteiger partial charge in [0.05, 0.1) is 17.8 Å². The average molecular weight is 759 g/mol. The van der Waals surface area contributed by atoms with Gasteiger partial charge in [-0.1, -0.05) is 68.6 Å². The quantitative estimate of drug-likeness (QED) is 0.134. The molecule has 0 unspecified atom stereocenters. The van der Waals surface area contributed by atoms with Crippen LogP contribution in [-0.4, -0.2) is 75.3 Å². The van der Waals surface area contributed by atoms with Gasteiger partial charge < -0.3 is 35.9 Å². The van der Waals surface area contributed by atoms with E-state index < -0.39 is 68.6 Å². The maximum absolute atomic E-state index is 12.8. The Bertz CT molecular complexity index is 2380. The van der Waals surface area contributed by atoms with Crippen LogP contribution in [0.15, 0.2) is 49.5 Å². The van der Waals surface area contributed by atoms with Crippen molar-refractivity contribution >= 4 is 61.2 Å². The minimum absolute atomic E-state index is 0.0350. The average Bonchev–Trinajstić information content (AvgIpc) is 3.74. The lowest BCUT2D eigenvalue weighted by Crippen LogP contribution is -2.44. The first kappa shape index (κ1) is 37.0. The Kier molecular flexibility index (Phi) is 9.74. The van der Waals surface area contributed by atoms with Gasteiger partial charge in [0.15, 0.2) is 29.9 Å². The lowest BCUT2D eigenvalue weighted by molar-refractivity contribution is -0.0638. The van der Waals surface area contributed by atoms with Crippen LogP contribution in [0, 0.1) is 5.41 Å². The van der Waals surface area contributed by atoms with Crippen molar-refractivity contribution in [3.8, 4) is 0 Å². The molecule has 0 spiro atoms. The Morgan fingerprint density at radius 3 is 1.83 bits per heavy atom. The number of nitrogens with zero attached hydrogens (tertiary/aromatic N) is 4. The first-order valence-electron chi connectivity index (χ1n) is 16.3. The number of aromatic amines is 2. The molecule has 6 heterocycles. The third kappa shape index (κ3) is 6.24. The van der Waals surface area contributed by atoms with E-state index in [1.54, 1.807) is 37.3 Å². The summed E-state index contributed by atoms with van der Waals surface area (Å²) in [5.74, 6) is -0.770. The third-order valence-corrected chi connectivity index (χ3v) is 11.3. The van der Waals surface area contributed by atoms with Gasteiger partial charge in [0.25, 0.3) is 11.1 Å². The van der Waals surface area contributed by atoms with Crippen molar-refractivity contribution in [3.63, 3.8) is 0 Å². The highest BCUT2D eigenvalue weighted by atomic mass is 32.1. The van der Waals surface area contributed by atoms with Crippen LogP contribution in [0.1, 0.15) is 70.3 Å². The van der Waals surface area contributed by atoms with Gasteiger partial charge in [-0.25, -0.2) is 4.79 Å². The molecule has 4 aromatic heterocycles. The Hall–Kier alpha value is -4.73. The van der Waals surface area contributed by atoms with Crippen molar-refractivity contribution in [1.82, 2.24) is 29.1 Å². The molecule has 7 atom stereocenters. The molecule has 18 nitrogen and oxygen atoms in total. The molecule has 20 heteroatoms. The minimum atomic E-state index is -1.51. The van der Waals surface area contributed by atoms with Gasteiger partial charge >= 0.3 is 15.7 Å². The van der Waals surface area contributed by atoms with Crippen LogP contribution in [-0.2, 0) is 14.2 Å². The van der Waals surface area contributed by atoms with Crippen LogP contribution in [0.25, 0.3) is 20.7 Å². The van der Waals surface area contributed by atoms with Crippen molar-refractivity contribution < 1.29 is 29.2 Å². The third-order valence-electron chi connectivity index (χ3n) is 9.43. The maximum Gasteiger partial charge on any atom is 0.338 e. The smallest absolute Gasteiger partial charge is 0.338 e. The highest BCUT2D eigenvalue weighted by molar-refractivity contribution is 7.16. The number of fused-ring (bicyclic) bond motifs is 2. The van der Waals surface area contributed by atoms with Crippen molar-refractivity contribution in [2.75, 3.05) is 11.5 Å². The van der Waals surface area contributed by atoms with Gasteiger partial charge in [-0.3, -0.25) is 38.3 Å². The molecule has 0 amide bonds. The molecule has 2 aliphatic rings. The Balaban J connectivity index is 0.000000187. The molecule has 1 aromatic carbocycles. The standard InChI is InChI=1S/C20H22N4O5S.C12H16N4O5S/c1-4-11-20(2,3)13(29-17(26)10-8-6-5-7-9-10)16(28-11)24-14-12(30-19(24)27)15(25)23-18(21)22-14;1-3-4-12(2,20)6(17)9(21-4)16-7-5(22-11(16)19)8(18)15-10(13)14-7/h5-9,11,13,16H,4H2,1-3H3,(H3,21,22,23,25);4,6,9,17,20H,3H2,1-2H3,(H3,13,14,15,18)/t11-,13+,16-;4-,6+,9-,12-/m11/s1. The summed E-state index contributed by atoms with van der Waals surface area (Å²) in [6.07, 6.45) is -4.01. The molecular formula is C32H38N8O10S2. The summed E-state index contributed by atoms with van der Waals surface area (Å²) in [6.45, 7) is 9.06. The molecule has 2 aliphatic heterocycles. The van der Waals surface area contributed by atoms with E-state index in [-0.39, 0.29) is 38.7 Å². The molecule has 2 fully saturated rings. The first-order chi connectivity index (χ1) is 24.5. The number of nitrogen functional groups attached to an aromatic ring is 2. The molecule has 0 bridgehead atoms. The summed E-state index contributed by atoms with van der Waals surface area (Å²) < 4.78 is 20.3. The molecule has 0 radical (unpaired) electrons. The zero-order valence-electron chi connectivity index (χ0n) is 28.7. The molecule has 0 aliphatic carbocycles. The number of esters is 1. The number of benzene rings is 1. The number of rotatable bonds is 6. The van der Waals surface area contributed by atoms with Crippen LogP contribution in [0.4, 0.5) is 11.9 Å². The van der Waals surface area contributed by atoms with Gasteiger partial charge in [-0.05, 0) is 31.9 Å². The predicted molar refractivity (Wildman–Crippen MR) is 192 cm³/mol. The molecule has 2 saturated heterocycles. The zero-order valence-corrected chi connectivity index (χ0v) is 30.3. The summed E-state index contributed by atoms with van der Waals surface area (Å²) in [7, 11) is 0. The van der Waals surface area contributed by atoms with Gasteiger partial charge in [0, 0.05) is 5.41 Å². The summed E-state index contributed by atoms with van der Waals surface area (Å²) in [5, 5.41) is 20.7. The largest absolute Gasteiger partial charge is 0.453 e. The van der Waals surface area contributed by atoms with Gasteiger partial charge in [0.1, 0.15) is 21.1 Å². The molecule has 5 aromatic rings. The second-order valence-electron chi connectivity index (χ2n) is 13.2. The SMILES string of the molecule is CC[C@H]1O[C@@H](n2c(=O)sc3c(=O)[nH]c(N)nc32)[C@H](O)[C@]1(C)O.CC[C@H]1O[C@@H](n2c(=O)sc3c(=O)[nH]c(N)nc32)[C@H](OC(=O)c2ccccc2)C1(C)C. The van der Waals surface area contributed by atoms with Crippen molar-refractivity contribution in [2.45, 2.75) is 89.9 Å². The van der Waals surface area contributed by atoms with Crippen LogP contribution in [0.2, 0.25) is 0 Å². The summed E-state index contributed by atoms with van der Waals surface area (Å²) in [4.78, 5) is 73.8. The number of carbonyl (C=O) groups is 1. The van der Waals surface area contributed by atoms with Crippen molar-refractivity contribution in [2.24, 2.45) is 5.41 Å². The second-order valence-corrected chi connectivity index (χ2v) is 15.1. The number of hydrogen-bond donors (Lipinski definition) is 6. The summed E-state index contributed by atoms with van der Waals surface area (Å²) in [6, 6.07) is 8.61. The summed E-state index contributed by atoms with van der Waals surface area (Å²) in [5.41, 5.74) is 8.62. The highest BCUT2D eigenvalue weighted by Gasteiger charge is 2.54. The maximum atomic E-state index is 12.8. The van der Waals surface area contributed by atoms with E-state index in [1.165, 1.54) is 11.5 Å². The molecule has 278 valence electrons. The van der Waals surface area contributed by atoms with Crippen LogP contribution in [0.3, 0.4) is 0 Å².